The SMILES string of the molecule is CSc1nc(N2CCCC2)c2cnn(CCNC(=O)Cc3cccc(C)c3)c2n1. The van der Waals surface area contributed by atoms with Gasteiger partial charge >= 0.3 is 0 Å². The summed E-state index contributed by atoms with van der Waals surface area (Å²) in [5, 5.41) is 9.25. The van der Waals surface area contributed by atoms with Crippen molar-refractivity contribution in [3.8, 4) is 0 Å². The number of hydrogen-bond acceptors (Lipinski definition) is 6. The Morgan fingerprint density at radius 1 is 1.24 bits per heavy atom. The van der Waals surface area contributed by atoms with E-state index in [-0.39, 0.29) is 5.91 Å². The summed E-state index contributed by atoms with van der Waals surface area (Å²) in [5.41, 5.74) is 3.02. The quantitative estimate of drug-likeness (QED) is 0.477. The zero-order chi connectivity index (χ0) is 20.2. The van der Waals surface area contributed by atoms with Crippen LogP contribution in [0.4, 0.5) is 5.82 Å². The average Bonchev–Trinajstić information content (AvgIpc) is 3.37. The summed E-state index contributed by atoms with van der Waals surface area (Å²) in [5.74, 6) is 0.996. The number of nitrogens with one attached hydrogen (secondary N) is 1. The molecule has 1 fully saturated rings. The predicted molar refractivity (Wildman–Crippen MR) is 116 cm³/mol. The molecule has 0 aliphatic carbocycles. The monoisotopic (exact) mass is 410 g/mol. The lowest BCUT2D eigenvalue weighted by Gasteiger charge is -2.17. The van der Waals surface area contributed by atoms with Crippen LogP contribution in [0.2, 0.25) is 0 Å². The second kappa shape index (κ2) is 8.82. The van der Waals surface area contributed by atoms with Crippen LogP contribution in [0.1, 0.15) is 24.0 Å². The number of amides is 1. The van der Waals surface area contributed by atoms with Crippen molar-refractivity contribution in [3.63, 3.8) is 0 Å². The molecular weight excluding hydrogens is 384 g/mol. The van der Waals surface area contributed by atoms with Crippen LogP contribution in [0.15, 0.2) is 35.6 Å². The summed E-state index contributed by atoms with van der Waals surface area (Å²) in [6, 6.07) is 8.04. The van der Waals surface area contributed by atoms with Crippen LogP contribution in [0.3, 0.4) is 0 Å². The van der Waals surface area contributed by atoms with Crippen LogP contribution in [0.5, 0.6) is 0 Å². The topological polar surface area (TPSA) is 75.9 Å². The fraction of sp³-hybridized carbons (Fsp3) is 0.429. The zero-order valence-electron chi connectivity index (χ0n) is 16.9. The first-order valence-corrected chi connectivity index (χ1v) is 11.2. The number of carbonyl (C=O) groups is 1. The van der Waals surface area contributed by atoms with Gasteiger partial charge in [0.05, 0.1) is 24.5 Å². The van der Waals surface area contributed by atoms with E-state index in [2.05, 4.69) is 20.3 Å². The number of nitrogens with zero attached hydrogens (tertiary/aromatic N) is 5. The van der Waals surface area contributed by atoms with E-state index in [0.29, 0.717) is 19.5 Å². The highest BCUT2D eigenvalue weighted by atomic mass is 32.2. The zero-order valence-corrected chi connectivity index (χ0v) is 17.7. The highest BCUT2D eigenvalue weighted by Gasteiger charge is 2.20. The van der Waals surface area contributed by atoms with E-state index >= 15 is 0 Å². The van der Waals surface area contributed by atoms with E-state index in [4.69, 9.17) is 4.98 Å². The Hall–Kier alpha value is -2.61. The standard InChI is InChI=1S/C21H26N6OS/c1-15-6-5-7-16(12-15)13-18(28)22-8-11-27-20-17(14-23-27)19(24-21(25-20)29-2)26-9-3-4-10-26/h5-7,12,14H,3-4,8-11,13H2,1-2H3,(H,22,28). The largest absolute Gasteiger partial charge is 0.356 e. The molecule has 0 radical (unpaired) electrons. The summed E-state index contributed by atoms with van der Waals surface area (Å²) in [6.07, 6.45) is 6.62. The van der Waals surface area contributed by atoms with Gasteiger partial charge in [0, 0.05) is 19.6 Å². The molecule has 3 heterocycles. The number of thioether (sulfide) groups is 1. The lowest BCUT2D eigenvalue weighted by atomic mass is 10.1. The molecular formula is C21H26N6OS. The minimum absolute atomic E-state index is 0.0178. The second-order valence-corrected chi connectivity index (χ2v) is 8.12. The van der Waals surface area contributed by atoms with Crippen molar-refractivity contribution in [3.05, 3.63) is 41.6 Å². The maximum absolute atomic E-state index is 12.3. The molecule has 0 saturated carbocycles. The fourth-order valence-corrected chi connectivity index (χ4v) is 4.07. The molecule has 29 heavy (non-hydrogen) atoms. The molecule has 1 N–H and O–H groups in total. The predicted octanol–water partition coefficient (Wildman–Crippen LogP) is 2.82. The maximum atomic E-state index is 12.3. The number of hydrogen-bond donors (Lipinski definition) is 1. The van der Waals surface area contributed by atoms with E-state index in [1.54, 1.807) is 11.8 Å². The van der Waals surface area contributed by atoms with Crippen molar-refractivity contribution in [2.45, 2.75) is 37.9 Å². The third-order valence-electron chi connectivity index (χ3n) is 5.14. The van der Waals surface area contributed by atoms with E-state index in [1.165, 1.54) is 12.8 Å². The number of fused-ring (bicyclic) bond motifs is 1. The number of aromatic nitrogens is 4. The molecule has 2 aromatic heterocycles. The highest BCUT2D eigenvalue weighted by molar-refractivity contribution is 7.98. The third kappa shape index (κ3) is 4.53. The van der Waals surface area contributed by atoms with Gasteiger partial charge < -0.3 is 10.2 Å². The minimum Gasteiger partial charge on any atom is -0.356 e. The Morgan fingerprint density at radius 2 is 2.07 bits per heavy atom. The number of carbonyl (C=O) groups excluding carboxylic acids is 1. The molecule has 4 rings (SSSR count). The van der Waals surface area contributed by atoms with E-state index in [9.17, 15) is 4.79 Å². The van der Waals surface area contributed by atoms with Crippen LogP contribution in [0.25, 0.3) is 11.0 Å². The molecule has 0 spiro atoms. The first-order chi connectivity index (χ1) is 14.1. The van der Waals surface area contributed by atoms with Crippen LogP contribution in [0, 0.1) is 6.92 Å². The number of aryl methyl sites for hydroxylation is 1. The Balaban J connectivity index is 1.44. The lowest BCUT2D eigenvalue weighted by molar-refractivity contribution is -0.120. The second-order valence-electron chi connectivity index (χ2n) is 7.35. The Morgan fingerprint density at radius 3 is 2.83 bits per heavy atom. The highest BCUT2D eigenvalue weighted by Crippen LogP contribution is 2.28. The van der Waals surface area contributed by atoms with Crippen molar-refractivity contribution >= 4 is 34.5 Å². The van der Waals surface area contributed by atoms with Crippen molar-refractivity contribution in [2.75, 3.05) is 30.8 Å². The molecule has 1 saturated heterocycles. The summed E-state index contributed by atoms with van der Waals surface area (Å²) in [4.78, 5) is 24.0. The van der Waals surface area contributed by atoms with Gasteiger partial charge in [-0.25, -0.2) is 14.6 Å². The first-order valence-electron chi connectivity index (χ1n) is 9.99. The lowest BCUT2D eigenvalue weighted by Crippen LogP contribution is -2.29. The Kier molecular flexibility index (Phi) is 5.99. The maximum Gasteiger partial charge on any atom is 0.224 e. The summed E-state index contributed by atoms with van der Waals surface area (Å²) < 4.78 is 1.86. The fourth-order valence-electron chi connectivity index (χ4n) is 3.72. The van der Waals surface area contributed by atoms with Crippen LogP contribution in [-0.2, 0) is 17.8 Å². The van der Waals surface area contributed by atoms with E-state index in [0.717, 1.165) is 46.2 Å². The van der Waals surface area contributed by atoms with Crippen molar-refractivity contribution in [2.24, 2.45) is 0 Å². The van der Waals surface area contributed by atoms with Crippen molar-refractivity contribution < 1.29 is 4.79 Å². The number of rotatable bonds is 7. The number of anilines is 1. The summed E-state index contributed by atoms with van der Waals surface area (Å²) >= 11 is 1.54. The molecule has 1 aliphatic heterocycles. The van der Waals surface area contributed by atoms with Crippen LogP contribution in [-0.4, -0.2) is 51.5 Å². The van der Waals surface area contributed by atoms with Crippen LogP contribution >= 0.6 is 11.8 Å². The van der Waals surface area contributed by atoms with E-state index in [1.807, 2.05) is 48.3 Å². The normalized spacial score (nSPS) is 13.9. The van der Waals surface area contributed by atoms with E-state index < -0.39 is 0 Å². The summed E-state index contributed by atoms with van der Waals surface area (Å²) in [6.45, 7) is 5.18. The van der Waals surface area contributed by atoms with Gasteiger partial charge in [-0.2, -0.15) is 5.10 Å². The molecule has 3 aromatic rings. The van der Waals surface area contributed by atoms with Crippen LogP contribution < -0.4 is 10.2 Å². The van der Waals surface area contributed by atoms with Gasteiger partial charge in [0.2, 0.25) is 5.91 Å². The average molecular weight is 411 g/mol. The third-order valence-corrected chi connectivity index (χ3v) is 5.68. The first kappa shape index (κ1) is 19.7. The smallest absolute Gasteiger partial charge is 0.224 e. The molecule has 7 nitrogen and oxygen atoms in total. The molecule has 0 unspecified atom stereocenters. The molecule has 1 aromatic carbocycles. The summed E-state index contributed by atoms with van der Waals surface area (Å²) in [7, 11) is 0. The Bertz CT molecular complexity index is 1010. The van der Waals surface area contributed by atoms with Gasteiger partial charge in [-0.15, -0.1) is 0 Å². The molecule has 0 atom stereocenters. The molecule has 0 bridgehead atoms. The van der Waals surface area contributed by atoms with Gasteiger partial charge in [-0.05, 0) is 31.6 Å². The van der Waals surface area contributed by atoms with Gasteiger partial charge in [-0.3, -0.25) is 4.79 Å². The van der Waals surface area contributed by atoms with Crippen molar-refractivity contribution in [1.29, 1.82) is 0 Å². The van der Waals surface area contributed by atoms with Gasteiger partial charge in [0.1, 0.15) is 5.82 Å². The van der Waals surface area contributed by atoms with Crippen molar-refractivity contribution in [1.82, 2.24) is 25.1 Å². The van der Waals surface area contributed by atoms with Gasteiger partial charge in [0.25, 0.3) is 0 Å². The number of benzene rings is 1. The van der Waals surface area contributed by atoms with Gasteiger partial charge in [0.15, 0.2) is 10.8 Å². The molecule has 1 aliphatic rings. The molecule has 8 heteroatoms. The van der Waals surface area contributed by atoms with Gasteiger partial charge in [-0.1, -0.05) is 41.6 Å². The Labute approximate surface area is 174 Å². The minimum atomic E-state index is 0.0178. The molecule has 152 valence electrons. The molecule has 1 amide bonds.